The lowest BCUT2D eigenvalue weighted by Gasteiger charge is -2.04. The van der Waals surface area contributed by atoms with Crippen LogP contribution in [0.5, 0.6) is 0 Å². The minimum Gasteiger partial charge on any atom is -0.287 e. The maximum Gasteiger partial charge on any atom is 0.269 e. The first kappa shape index (κ1) is 15.9. The van der Waals surface area contributed by atoms with Crippen LogP contribution < -0.4 is 4.57 Å². The summed E-state index contributed by atoms with van der Waals surface area (Å²) in [5, 5.41) is 14.1. The molecular formula is C21H15N2O3+. The van der Waals surface area contributed by atoms with Crippen molar-refractivity contribution in [1.29, 1.82) is 0 Å². The maximum atomic E-state index is 12.6. The number of non-ortho nitro benzene ring substituents is 1. The zero-order valence-corrected chi connectivity index (χ0v) is 13.8. The standard InChI is InChI=1S/C21H15N2O3/c24-21(16-7-10-17(11-8-16)23(25)26)14-22-13-3-6-19-18-5-2-1-4-15(18)9-12-20(19)22/h1-13H,14H2/q+1. The highest BCUT2D eigenvalue weighted by molar-refractivity contribution is 6.05. The lowest BCUT2D eigenvalue weighted by molar-refractivity contribution is -0.657. The van der Waals surface area contributed by atoms with E-state index in [-0.39, 0.29) is 18.0 Å². The topological polar surface area (TPSA) is 64.1 Å². The zero-order valence-electron chi connectivity index (χ0n) is 13.8. The average molecular weight is 343 g/mol. The van der Waals surface area contributed by atoms with E-state index in [2.05, 4.69) is 12.1 Å². The largest absolute Gasteiger partial charge is 0.287 e. The number of carbonyl (C=O) groups excluding carboxylic acids is 1. The van der Waals surface area contributed by atoms with Gasteiger partial charge in [-0.25, -0.2) is 0 Å². The molecule has 0 aliphatic carbocycles. The number of hydrogen-bond acceptors (Lipinski definition) is 3. The molecule has 0 aliphatic heterocycles. The van der Waals surface area contributed by atoms with Crippen molar-refractivity contribution >= 4 is 33.1 Å². The third-order valence-electron chi connectivity index (χ3n) is 4.50. The summed E-state index contributed by atoms with van der Waals surface area (Å²) in [4.78, 5) is 22.9. The Morgan fingerprint density at radius 3 is 2.38 bits per heavy atom. The molecule has 0 N–H and O–H groups in total. The van der Waals surface area contributed by atoms with E-state index in [9.17, 15) is 14.9 Å². The van der Waals surface area contributed by atoms with Gasteiger partial charge in [0, 0.05) is 29.8 Å². The first-order chi connectivity index (χ1) is 12.6. The first-order valence-electron chi connectivity index (χ1n) is 8.21. The number of nitrogens with zero attached hydrogens (tertiary/aromatic N) is 2. The molecule has 0 saturated heterocycles. The summed E-state index contributed by atoms with van der Waals surface area (Å²) in [6.45, 7) is 0.174. The lowest BCUT2D eigenvalue weighted by atomic mass is 10.0. The van der Waals surface area contributed by atoms with Crippen LogP contribution in [0.2, 0.25) is 0 Å². The molecule has 5 heteroatoms. The van der Waals surface area contributed by atoms with E-state index in [0.29, 0.717) is 5.56 Å². The summed E-state index contributed by atoms with van der Waals surface area (Å²) in [5.41, 5.74) is 1.41. The number of fused-ring (bicyclic) bond motifs is 3. The second-order valence-corrected chi connectivity index (χ2v) is 6.08. The summed E-state index contributed by atoms with van der Waals surface area (Å²) in [7, 11) is 0. The van der Waals surface area contributed by atoms with Crippen molar-refractivity contribution < 1.29 is 14.3 Å². The molecule has 5 nitrogen and oxygen atoms in total. The second-order valence-electron chi connectivity index (χ2n) is 6.08. The van der Waals surface area contributed by atoms with E-state index >= 15 is 0 Å². The fraction of sp³-hybridized carbons (Fsp3) is 0.0476. The molecule has 4 rings (SSSR count). The third-order valence-corrected chi connectivity index (χ3v) is 4.50. The number of carbonyl (C=O) groups is 1. The SMILES string of the molecule is O=C(C[n+]1cccc2c3ccccc3ccc21)c1ccc([N+](=O)[O-])cc1. The van der Waals surface area contributed by atoms with Gasteiger partial charge in [-0.3, -0.25) is 14.9 Å². The summed E-state index contributed by atoms with van der Waals surface area (Å²) in [6, 6.07) is 21.9. The molecule has 26 heavy (non-hydrogen) atoms. The van der Waals surface area contributed by atoms with Crippen molar-refractivity contribution in [2.75, 3.05) is 0 Å². The number of pyridine rings is 1. The van der Waals surface area contributed by atoms with Crippen LogP contribution in [-0.4, -0.2) is 10.7 Å². The summed E-state index contributed by atoms with van der Waals surface area (Å²) >= 11 is 0. The number of rotatable bonds is 4. The smallest absolute Gasteiger partial charge is 0.269 e. The van der Waals surface area contributed by atoms with Gasteiger partial charge in [0.15, 0.2) is 6.20 Å². The van der Waals surface area contributed by atoms with E-state index in [0.717, 1.165) is 21.7 Å². The summed E-state index contributed by atoms with van der Waals surface area (Å²) in [6.07, 6.45) is 1.88. The lowest BCUT2D eigenvalue weighted by Crippen LogP contribution is -2.38. The van der Waals surface area contributed by atoms with E-state index in [1.807, 2.05) is 47.2 Å². The van der Waals surface area contributed by atoms with Crippen LogP contribution in [0.3, 0.4) is 0 Å². The Kier molecular flexibility index (Phi) is 3.89. The predicted molar refractivity (Wildman–Crippen MR) is 99.1 cm³/mol. The van der Waals surface area contributed by atoms with Gasteiger partial charge in [0.1, 0.15) is 0 Å². The highest BCUT2D eigenvalue weighted by Crippen LogP contribution is 2.23. The number of nitro benzene ring substituents is 1. The Balaban J connectivity index is 1.71. The summed E-state index contributed by atoms with van der Waals surface area (Å²) < 4.78 is 1.91. The number of hydrogen-bond donors (Lipinski definition) is 0. The van der Waals surface area contributed by atoms with Gasteiger partial charge in [0.05, 0.1) is 10.3 Å². The van der Waals surface area contributed by atoms with Crippen molar-refractivity contribution in [3.05, 3.63) is 94.7 Å². The van der Waals surface area contributed by atoms with E-state index in [1.54, 1.807) is 0 Å². The van der Waals surface area contributed by atoms with Gasteiger partial charge in [-0.15, -0.1) is 0 Å². The van der Waals surface area contributed by atoms with Gasteiger partial charge in [0.2, 0.25) is 17.8 Å². The molecule has 0 spiro atoms. The fourth-order valence-corrected chi connectivity index (χ4v) is 3.19. The molecule has 1 aromatic heterocycles. The highest BCUT2D eigenvalue weighted by Gasteiger charge is 2.17. The zero-order chi connectivity index (χ0) is 18.1. The molecule has 126 valence electrons. The molecule has 4 aromatic rings. The molecule has 0 radical (unpaired) electrons. The third kappa shape index (κ3) is 2.80. The minimum atomic E-state index is -0.473. The van der Waals surface area contributed by atoms with E-state index < -0.39 is 4.92 Å². The van der Waals surface area contributed by atoms with Gasteiger partial charge in [-0.05, 0) is 35.0 Å². The quantitative estimate of drug-likeness (QED) is 0.184. The Hall–Kier alpha value is -3.60. The normalized spacial score (nSPS) is 10.9. The minimum absolute atomic E-state index is 0.0224. The molecule has 1 heterocycles. The van der Waals surface area contributed by atoms with Gasteiger partial charge in [0.25, 0.3) is 5.69 Å². The first-order valence-corrected chi connectivity index (χ1v) is 8.21. The fourth-order valence-electron chi connectivity index (χ4n) is 3.19. The van der Waals surface area contributed by atoms with Crippen molar-refractivity contribution in [2.24, 2.45) is 0 Å². The van der Waals surface area contributed by atoms with E-state index in [1.165, 1.54) is 24.3 Å². The maximum absolute atomic E-state index is 12.6. The molecule has 0 atom stereocenters. The number of Topliss-reactive ketones (excluding diaryl/α,β-unsaturated/α-hetero) is 1. The van der Waals surface area contributed by atoms with Crippen molar-refractivity contribution in [2.45, 2.75) is 6.54 Å². The van der Waals surface area contributed by atoms with Crippen molar-refractivity contribution in [1.82, 2.24) is 0 Å². The Bertz CT molecular complexity index is 1150. The molecule has 0 bridgehead atoms. The number of benzene rings is 3. The number of nitro groups is 1. The molecule has 0 aliphatic rings. The van der Waals surface area contributed by atoms with Crippen LogP contribution >= 0.6 is 0 Å². The van der Waals surface area contributed by atoms with Crippen LogP contribution in [0.25, 0.3) is 21.7 Å². The van der Waals surface area contributed by atoms with Crippen LogP contribution in [0.1, 0.15) is 10.4 Å². The predicted octanol–water partition coefficient (Wildman–Crippen LogP) is 4.07. The Morgan fingerprint density at radius 1 is 0.885 bits per heavy atom. The molecule has 0 amide bonds. The van der Waals surface area contributed by atoms with Gasteiger partial charge >= 0.3 is 0 Å². The van der Waals surface area contributed by atoms with Gasteiger partial charge in [-0.1, -0.05) is 24.3 Å². The molecule has 0 saturated carbocycles. The van der Waals surface area contributed by atoms with Gasteiger partial charge in [-0.2, -0.15) is 4.57 Å². The van der Waals surface area contributed by atoms with Crippen LogP contribution in [0, 0.1) is 10.1 Å². The van der Waals surface area contributed by atoms with Crippen LogP contribution in [0.15, 0.2) is 79.0 Å². The molecular weight excluding hydrogens is 328 g/mol. The van der Waals surface area contributed by atoms with Crippen molar-refractivity contribution in [3.63, 3.8) is 0 Å². The monoisotopic (exact) mass is 343 g/mol. The van der Waals surface area contributed by atoms with Crippen molar-refractivity contribution in [3.8, 4) is 0 Å². The average Bonchev–Trinajstić information content (AvgIpc) is 2.68. The second kappa shape index (κ2) is 6.37. The van der Waals surface area contributed by atoms with Crippen LogP contribution in [0.4, 0.5) is 5.69 Å². The van der Waals surface area contributed by atoms with Gasteiger partial charge < -0.3 is 0 Å². The molecule has 0 unspecified atom stereocenters. The number of ketones is 1. The Morgan fingerprint density at radius 2 is 1.62 bits per heavy atom. The van der Waals surface area contributed by atoms with Crippen LogP contribution in [-0.2, 0) is 6.54 Å². The Labute approximate surface area is 149 Å². The van der Waals surface area contributed by atoms with E-state index in [4.69, 9.17) is 0 Å². The molecule has 0 fully saturated rings. The highest BCUT2D eigenvalue weighted by atomic mass is 16.6. The summed E-state index contributed by atoms with van der Waals surface area (Å²) in [5.74, 6) is -0.0921. The molecule has 3 aromatic carbocycles. The number of aromatic nitrogens is 1.